The summed E-state index contributed by atoms with van der Waals surface area (Å²) in [6.07, 6.45) is 1.70. The minimum absolute atomic E-state index is 0.0907. The van der Waals surface area contributed by atoms with Crippen LogP contribution in [0.3, 0.4) is 0 Å². The third-order valence-corrected chi connectivity index (χ3v) is 5.83. The van der Waals surface area contributed by atoms with Gasteiger partial charge in [-0.05, 0) is 49.8 Å². The topological polar surface area (TPSA) is 38.1 Å². The van der Waals surface area contributed by atoms with Gasteiger partial charge in [0.1, 0.15) is 11.5 Å². The van der Waals surface area contributed by atoms with Gasteiger partial charge >= 0.3 is 6.18 Å². The lowest BCUT2D eigenvalue weighted by molar-refractivity contribution is -0.137. The molecule has 26 heavy (non-hydrogen) atoms. The van der Waals surface area contributed by atoms with Gasteiger partial charge in [-0.1, -0.05) is 35.5 Å². The number of allylic oxidation sites excluding steroid dienone is 1. The molecule has 0 spiro atoms. The largest absolute Gasteiger partial charge is 0.417 e. The molecule has 136 valence electrons. The van der Waals surface area contributed by atoms with Gasteiger partial charge in [0.2, 0.25) is 0 Å². The zero-order chi connectivity index (χ0) is 17.9. The Morgan fingerprint density at radius 1 is 1.12 bits per heavy atom. The monoisotopic (exact) mass is 360 g/mol. The molecule has 2 aromatic rings. The van der Waals surface area contributed by atoms with Gasteiger partial charge in [-0.2, -0.15) is 13.2 Å². The summed E-state index contributed by atoms with van der Waals surface area (Å²) in [5.74, 6) is 2.87. The number of hydrogen-bond donors (Lipinski definition) is 1. The van der Waals surface area contributed by atoms with Crippen molar-refractivity contribution >= 4 is 6.08 Å². The van der Waals surface area contributed by atoms with Crippen molar-refractivity contribution in [2.75, 3.05) is 13.1 Å². The van der Waals surface area contributed by atoms with E-state index in [4.69, 9.17) is 4.52 Å². The van der Waals surface area contributed by atoms with Gasteiger partial charge in [-0.3, -0.25) is 0 Å². The third kappa shape index (κ3) is 2.67. The Balaban J connectivity index is 1.55. The van der Waals surface area contributed by atoms with Crippen LogP contribution < -0.4 is 5.32 Å². The molecule has 0 bridgehead atoms. The molecule has 1 aliphatic heterocycles. The molecule has 0 amide bonds. The quantitative estimate of drug-likeness (QED) is 0.858. The van der Waals surface area contributed by atoms with E-state index in [1.165, 1.54) is 12.1 Å². The van der Waals surface area contributed by atoms with Gasteiger partial charge in [0.25, 0.3) is 0 Å². The molecule has 1 aromatic carbocycles. The molecule has 3 fully saturated rings. The number of fused-ring (bicyclic) bond motifs is 1. The van der Waals surface area contributed by atoms with Crippen molar-refractivity contribution in [2.24, 2.45) is 17.8 Å². The molecule has 0 radical (unpaired) electrons. The maximum atomic E-state index is 13.4. The molecule has 2 atom stereocenters. The van der Waals surface area contributed by atoms with E-state index in [9.17, 15) is 13.2 Å². The average molecular weight is 360 g/mol. The van der Waals surface area contributed by atoms with Crippen molar-refractivity contribution in [3.05, 3.63) is 47.2 Å². The molecule has 3 aliphatic rings. The van der Waals surface area contributed by atoms with Gasteiger partial charge in [-0.25, -0.2) is 0 Å². The van der Waals surface area contributed by atoms with Gasteiger partial charge < -0.3 is 9.84 Å². The van der Waals surface area contributed by atoms with Crippen molar-refractivity contribution in [3.63, 3.8) is 0 Å². The van der Waals surface area contributed by atoms with Crippen LogP contribution in [-0.2, 0) is 6.18 Å². The number of alkyl halides is 3. The minimum atomic E-state index is -4.42. The molecule has 2 aliphatic carbocycles. The lowest BCUT2D eigenvalue weighted by Crippen LogP contribution is -2.13. The van der Waals surface area contributed by atoms with Crippen molar-refractivity contribution in [2.45, 2.75) is 24.9 Å². The highest BCUT2D eigenvalue weighted by molar-refractivity contribution is 5.76. The standard InChI is InChI=1S/C20H19F3N2O/c21-20(22,23)17-4-2-1-3-13(17)18-14(19(26-25-18)11-5-6-11)8-7-12-15-9-24-10-16(12)15/h1-4,7-8,11-12,15-16,24H,5-6,9-10H2. The number of rotatable bonds is 4. The zero-order valence-corrected chi connectivity index (χ0v) is 14.1. The number of nitrogens with one attached hydrogen (secondary N) is 1. The van der Waals surface area contributed by atoms with Gasteiger partial charge in [-0.15, -0.1) is 0 Å². The average Bonchev–Trinajstić information content (AvgIpc) is 3.47. The Hall–Kier alpha value is -2.08. The predicted molar refractivity (Wildman–Crippen MR) is 91.3 cm³/mol. The van der Waals surface area contributed by atoms with E-state index in [2.05, 4.69) is 16.5 Å². The van der Waals surface area contributed by atoms with Crippen LogP contribution in [0.5, 0.6) is 0 Å². The Labute approximate surface area is 149 Å². The van der Waals surface area contributed by atoms with Crippen molar-refractivity contribution in [1.29, 1.82) is 0 Å². The summed E-state index contributed by atoms with van der Waals surface area (Å²) in [5.41, 5.74) is 0.452. The first-order chi connectivity index (χ1) is 12.5. The Morgan fingerprint density at radius 3 is 2.54 bits per heavy atom. The molecule has 5 rings (SSSR count). The summed E-state index contributed by atoms with van der Waals surface area (Å²) in [4.78, 5) is 0. The van der Waals surface area contributed by atoms with Gasteiger partial charge in [0.05, 0.1) is 5.56 Å². The van der Waals surface area contributed by atoms with E-state index < -0.39 is 11.7 Å². The summed E-state index contributed by atoms with van der Waals surface area (Å²) in [6.45, 7) is 2.06. The van der Waals surface area contributed by atoms with Crippen molar-refractivity contribution in [3.8, 4) is 11.3 Å². The lowest BCUT2D eigenvalue weighted by atomic mass is 9.98. The molecule has 2 heterocycles. The summed E-state index contributed by atoms with van der Waals surface area (Å²) in [5, 5.41) is 7.41. The van der Waals surface area contributed by atoms with E-state index in [0.717, 1.165) is 43.3 Å². The number of halogens is 3. The van der Waals surface area contributed by atoms with Crippen LogP contribution in [0.2, 0.25) is 0 Å². The van der Waals surface area contributed by atoms with E-state index in [0.29, 0.717) is 23.4 Å². The van der Waals surface area contributed by atoms with Gasteiger partial charge in [0.15, 0.2) is 0 Å². The van der Waals surface area contributed by atoms with Crippen LogP contribution in [0.25, 0.3) is 17.3 Å². The van der Waals surface area contributed by atoms with Crippen molar-refractivity contribution in [1.82, 2.24) is 10.5 Å². The summed E-state index contributed by atoms with van der Waals surface area (Å²) >= 11 is 0. The first-order valence-corrected chi connectivity index (χ1v) is 9.09. The summed E-state index contributed by atoms with van der Waals surface area (Å²) in [6, 6.07) is 5.60. The molecule has 2 saturated carbocycles. The summed E-state index contributed by atoms with van der Waals surface area (Å²) < 4.78 is 45.8. The Bertz CT molecular complexity index is 856. The van der Waals surface area contributed by atoms with E-state index in [1.54, 1.807) is 6.07 Å². The minimum Gasteiger partial charge on any atom is -0.360 e. The van der Waals surface area contributed by atoms with Crippen LogP contribution in [0.1, 0.15) is 35.6 Å². The molecule has 1 saturated heterocycles. The van der Waals surface area contributed by atoms with Crippen LogP contribution in [-0.4, -0.2) is 18.2 Å². The maximum absolute atomic E-state index is 13.4. The number of piperidine rings is 1. The summed E-state index contributed by atoms with van der Waals surface area (Å²) in [7, 11) is 0. The zero-order valence-electron chi connectivity index (χ0n) is 14.1. The van der Waals surface area contributed by atoms with Crippen molar-refractivity contribution < 1.29 is 17.7 Å². The highest BCUT2D eigenvalue weighted by Crippen LogP contribution is 2.51. The number of hydrogen-bond acceptors (Lipinski definition) is 3. The number of nitrogens with zero attached hydrogens (tertiary/aromatic N) is 1. The Morgan fingerprint density at radius 2 is 1.85 bits per heavy atom. The molecule has 2 unspecified atom stereocenters. The molecule has 1 aromatic heterocycles. The second kappa shape index (κ2) is 5.71. The second-order valence-corrected chi connectivity index (χ2v) is 7.55. The first-order valence-electron chi connectivity index (χ1n) is 9.09. The smallest absolute Gasteiger partial charge is 0.360 e. The van der Waals surface area contributed by atoms with Crippen LogP contribution in [0.4, 0.5) is 13.2 Å². The SMILES string of the molecule is FC(F)(F)c1ccccc1-c1noc(C2CC2)c1C=CC1C2CNCC12. The molecule has 6 heteroatoms. The molecule has 1 N–H and O–H groups in total. The predicted octanol–water partition coefficient (Wildman–Crippen LogP) is 4.72. The normalized spacial score (nSPS) is 27.9. The number of benzene rings is 1. The van der Waals surface area contributed by atoms with Crippen LogP contribution in [0, 0.1) is 17.8 Å². The van der Waals surface area contributed by atoms with Crippen LogP contribution >= 0.6 is 0 Å². The number of aromatic nitrogens is 1. The fourth-order valence-corrected chi connectivity index (χ4v) is 4.20. The van der Waals surface area contributed by atoms with E-state index >= 15 is 0 Å². The fourth-order valence-electron chi connectivity index (χ4n) is 4.20. The molecular formula is C20H19F3N2O. The van der Waals surface area contributed by atoms with Gasteiger partial charge in [0, 0.05) is 17.0 Å². The Kier molecular flexibility index (Phi) is 3.54. The van der Waals surface area contributed by atoms with E-state index in [1.807, 2.05) is 6.08 Å². The van der Waals surface area contributed by atoms with Crippen LogP contribution in [0.15, 0.2) is 34.9 Å². The van der Waals surface area contributed by atoms with E-state index in [-0.39, 0.29) is 11.5 Å². The molecule has 3 nitrogen and oxygen atoms in total. The second-order valence-electron chi connectivity index (χ2n) is 7.55. The first kappa shape index (κ1) is 16.1. The lowest BCUT2D eigenvalue weighted by Gasteiger charge is -2.11. The molecular weight excluding hydrogens is 341 g/mol. The highest BCUT2D eigenvalue weighted by atomic mass is 19.4. The third-order valence-electron chi connectivity index (χ3n) is 5.83. The fraction of sp³-hybridized carbons (Fsp3) is 0.450. The maximum Gasteiger partial charge on any atom is 0.417 e. The highest BCUT2D eigenvalue weighted by Gasteiger charge is 2.51.